The Morgan fingerprint density at radius 3 is 2.82 bits per heavy atom. The summed E-state index contributed by atoms with van der Waals surface area (Å²) in [7, 11) is 0. The van der Waals surface area contributed by atoms with E-state index in [-0.39, 0.29) is 5.91 Å². The molecule has 4 nitrogen and oxygen atoms in total. The van der Waals surface area contributed by atoms with Gasteiger partial charge in [0.15, 0.2) is 0 Å². The molecule has 1 aromatic rings. The largest absolute Gasteiger partial charge is 0.349 e. The van der Waals surface area contributed by atoms with Crippen LogP contribution >= 0.6 is 0 Å². The number of hydrogen-bond donors (Lipinski definition) is 2. The Morgan fingerprint density at radius 2 is 2.24 bits per heavy atom. The summed E-state index contributed by atoms with van der Waals surface area (Å²) in [6.07, 6.45) is 2.43. The van der Waals surface area contributed by atoms with Crippen LogP contribution < -0.4 is 11.1 Å². The van der Waals surface area contributed by atoms with Crippen LogP contribution in [0.25, 0.3) is 0 Å². The number of carbonyl (C=O) groups is 1. The zero-order chi connectivity index (χ0) is 12.8. The number of nitrogens with one attached hydrogen (secondary N) is 1. The molecule has 17 heavy (non-hydrogen) atoms. The van der Waals surface area contributed by atoms with Crippen molar-refractivity contribution in [1.82, 2.24) is 10.3 Å². The molecule has 4 heteroatoms. The van der Waals surface area contributed by atoms with Crippen LogP contribution in [0.5, 0.6) is 0 Å². The van der Waals surface area contributed by atoms with E-state index in [1.165, 1.54) is 0 Å². The lowest BCUT2D eigenvalue weighted by Gasteiger charge is -2.14. The molecular weight excluding hydrogens is 214 g/mol. The van der Waals surface area contributed by atoms with E-state index in [4.69, 9.17) is 5.73 Å². The molecule has 0 saturated heterocycles. The van der Waals surface area contributed by atoms with E-state index in [1.54, 1.807) is 6.20 Å². The van der Waals surface area contributed by atoms with Crippen molar-refractivity contribution in [3.8, 4) is 0 Å². The number of rotatable bonds is 5. The first-order valence-corrected chi connectivity index (χ1v) is 5.94. The molecule has 0 aromatic carbocycles. The smallest absolute Gasteiger partial charge is 0.237 e. The van der Waals surface area contributed by atoms with Crippen LogP contribution in [0, 0.1) is 12.8 Å². The molecule has 0 unspecified atom stereocenters. The van der Waals surface area contributed by atoms with Gasteiger partial charge in [0, 0.05) is 6.20 Å². The van der Waals surface area contributed by atoms with Crippen molar-refractivity contribution in [1.29, 1.82) is 0 Å². The van der Waals surface area contributed by atoms with Crippen LogP contribution in [0.15, 0.2) is 18.3 Å². The molecule has 1 atom stereocenters. The summed E-state index contributed by atoms with van der Waals surface area (Å²) in [6, 6.07) is 3.42. The Balaban J connectivity index is 2.46. The number of aryl methyl sites for hydroxylation is 1. The Hall–Kier alpha value is -1.42. The summed E-state index contributed by atoms with van der Waals surface area (Å²) in [5.41, 5.74) is 7.75. The summed E-state index contributed by atoms with van der Waals surface area (Å²) < 4.78 is 0. The van der Waals surface area contributed by atoms with Gasteiger partial charge in [0.05, 0.1) is 18.3 Å². The van der Waals surface area contributed by atoms with E-state index in [0.29, 0.717) is 18.9 Å². The van der Waals surface area contributed by atoms with E-state index in [0.717, 1.165) is 11.3 Å². The van der Waals surface area contributed by atoms with Crippen LogP contribution in [-0.4, -0.2) is 16.9 Å². The second-order valence-electron chi connectivity index (χ2n) is 4.72. The number of aromatic nitrogens is 1. The number of nitrogens with zero attached hydrogens (tertiary/aromatic N) is 1. The molecule has 0 fully saturated rings. The molecule has 0 saturated carbocycles. The quantitative estimate of drug-likeness (QED) is 0.810. The third kappa shape index (κ3) is 4.53. The summed E-state index contributed by atoms with van der Waals surface area (Å²) in [4.78, 5) is 15.9. The molecule has 0 radical (unpaired) electrons. The highest BCUT2D eigenvalue weighted by atomic mass is 16.2. The molecule has 1 amide bonds. The Kier molecular flexibility index (Phi) is 5.10. The van der Waals surface area contributed by atoms with Gasteiger partial charge in [0.1, 0.15) is 0 Å². The minimum Gasteiger partial charge on any atom is -0.349 e. The molecule has 0 aliphatic rings. The second kappa shape index (κ2) is 6.35. The minimum absolute atomic E-state index is 0.108. The predicted octanol–water partition coefficient (Wildman–Crippen LogP) is 1.38. The van der Waals surface area contributed by atoms with Crippen LogP contribution in [0.1, 0.15) is 31.5 Å². The maximum absolute atomic E-state index is 11.7. The number of carbonyl (C=O) groups excluding carboxylic acids is 1. The number of amides is 1. The first-order chi connectivity index (χ1) is 8.00. The van der Waals surface area contributed by atoms with Crippen molar-refractivity contribution in [2.75, 3.05) is 0 Å². The van der Waals surface area contributed by atoms with E-state index in [1.807, 2.05) is 19.1 Å². The second-order valence-corrected chi connectivity index (χ2v) is 4.72. The zero-order valence-corrected chi connectivity index (χ0v) is 10.7. The Morgan fingerprint density at radius 1 is 1.53 bits per heavy atom. The maximum Gasteiger partial charge on any atom is 0.237 e. The van der Waals surface area contributed by atoms with Crippen molar-refractivity contribution in [2.45, 2.75) is 39.8 Å². The molecular formula is C13H21N3O. The monoisotopic (exact) mass is 235 g/mol. The lowest BCUT2D eigenvalue weighted by atomic mass is 10.0. The van der Waals surface area contributed by atoms with Crippen molar-refractivity contribution >= 4 is 5.91 Å². The fourth-order valence-electron chi connectivity index (χ4n) is 1.62. The summed E-state index contributed by atoms with van der Waals surface area (Å²) in [5, 5.41) is 2.82. The van der Waals surface area contributed by atoms with Gasteiger partial charge >= 0.3 is 0 Å². The zero-order valence-electron chi connectivity index (χ0n) is 10.7. The van der Waals surface area contributed by atoms with E-state index in [9.17, 15) is 4.79 Å². The minimum atomic E-state index is -0.431. The molecule has 0 aliphatic heterocycles. The van der Waals surface area contributed by atoms with Gasteiger partial charge in [-0.3, -0.25) is 9.78 Å². The average molecular weight is 235 g/mol. The molecule has 1 rings (SSSR count). The molecule has 1 heterocycles. The van der Waals surface area contributed by atoms with Crippen LogP contribution in [0.2, 0.25) is 0 Å². The van der Waals surface area contributed by atoms with Gasteiger partial charge in [-0.2, -0.15) is 0 Å². The first-order valence-electron chi connectivity index (χ1n) is 5.94. The number of pyridine rings is 1. The van der Waals surface area contributed by atoms with Gasteiger partial charge in [0.25, 0.3) is 0 Å². The summed E-state index contributed by atoms with van der Waals surface area (Å²) in [6.45, 7) is 6.52. The molecule has 0 aliphatic carbocycles. The maximum atomic E-state index is 11.7. The van der Waals surface area contributed by atoms with Gasteiger partial charge < -0.3 is 11.1 Å². The van der Waals surface area contributed by atoms with E-state index < -0.39 is 6.04 Å². The van der Waals surface area contributed by atoms with Crippen molar-refractivity contribution in [3.05, 3.63) is 29.6 Å². The summed E-state index contributed by atoms with van der Waals surface area (Å²) in [5.74, 6) is 0.316. The lowest BCUT2D eigenvalue weighted by Crippen LogP contribution is -2.41. The van der Waals surface area contributed by atoms with Crippen LogP contribution in [-0.2, 0) is 11.3 Å². The third-order valence-corrected chi connectivity index (χ3v) is 2.61. The highest BCUT2D eigenvalue weighted by molar-refractivity contribution is 5.81. The normalized spacial score (nSPS) is 12.5. The van der Waals surface area contributed by atoms with Crippen LogP contribution in [0.4, 0.5) is 0 Å². The molecule has 1 aromatic heterocycles. The molecule has 3 N–H and O–H groups in total. The van der Waals surface area contributed by atoms with Crippen LogP contribution in [0.3, 0.4) is 0 Å². The Labute approximate surface area is 103 Å². The standard InChI is InChI=1S/C13H21N3O/c1-9(2)7-11(14)13(17)16-8-12-10(3)5-4-6-15-12/h4-6,9,11H,7-8,14H2,1-3H3,(H,16,17)/t11-/m1/s1. The first kappa shape index (κ1) is 13.6. The topological polar surface area (TPSA) is 68.0 Å². The van der Waals surface area contributed by atoms with Crippen molar-refractivity contribution in [2.24, 2.45) is 11.7 Å². The predicted molar refractivity (Wildman–Crippen MR) is 68.3 cm³/mol. The van der Waals surface area contributed by atoms with Crippen molar-refractivity contribution < 1.29 is 4.79 Å². The van der Waals surface area contributed by atoms with Gasteiger partial charge in [0.2, 0.25) is 5.91 Å². The van der Waals surface area contributed by atoms with E-state index in [2.05, 4.69) is 24.1 Å². The van der Waals surface area contributed by atoms with Crippen molar-refractivity contribution in [3.63, 3.8) is 0 Å². The fourth-order valence-corrected chi connectivity index (χ4v) is 1.62. The molecule has 94 valence electrons. The van der Waals surface area contributed by atoms with Gasteiger partial charge in [-0.05, 0) is 30.9 Å². The van der Waals surface area contributed by atoms with Gasteiger partial charge in [-0.25, -0.2) is 0 Å². The Bertz CT molecular complexity index is 377. The van der Waals surface area contributed by atoms with Gasteiger partial charge in [-0.15, -0.1) is 0 Å². The number of hydrogen-bond acceptors (Lipinski definition) is 3. The average Bonchev–Trinajstić information content (AvgIpc) is 2.26. The fraction of sp³-hybridized carbons (Fsp3) is 0.538. The highest BCUT2D eigenvalue weighted by Crippen LogP contribution is 2.04. The molecule has 0 spiro atoms. The SMILES string of the molecule is Cc1cccnc1CNC(=O)[C@H](N)CC(C)C. The third-order valence-electron chi connectivity index (χ3n) is 2.61. The van der Waals surface area contributed by atoms with Gasteiger partial charge in [-0.1, -0.05) is 19.9 Å². The highest BCUT2D eigenvalue weighted by Gasteiger charge is 2.14. The molecule has 0 bridgehead atoms. The van der Waals surface area contributed by atoms with E-state index >= 15 is 0 Å². The number of nitrogens with two attached hydrogens (primary N) is 1. The lowest BCUT2D eigenvalue weighted by molar-refractivity contribution is -0.122. The summed E-state index contributed by atoms with van der Waals surface area (Å²) >= 11 is 0.